The van der Waals surface area contributed by atoms with Gasteiger partial charge in [-0.1, -0.05) is 60.7 Å². The lowest BCUT2D eigenvalue weighted by Crippen LogP contribution is -2.02. The number of rotatable bonds is 4. The summed E-state index contributed by atoms with van der Waals surface area (Å²) >= 11 is 0. The van der Waals surface area contributed by atoms with E-state index in [4.69, 9.17) is 0 Å². The zero-order valence-corrected chi connectivity index (χ0v) is 13.4. The number of hydrogen-bond acceptors (Lipinski definition) is 2. The van der Waals surface area contributed by atoms with Gasteiger partial charge in [0.15, 0.2) is 0 Å². The molecule has 2 atom stereocenters. The van der Waals surface area contributed by atoms with Crippen molar-refractivity contribution in [3.8, 4) is 0 Å². The van der Waals surface area contributed by atoms with Crippen molar-refractivity contribution in [2.45, 2.75) is 0 Å². The van der Waals surface area contributed by atoms with Crippen molar-refractivity contribution < 1.29 is 9.13 Å². The predicted molar refractivity (Wildman–Crippen MR) is 88.4 cm³/mol. The largest absolute Gasteiger partial charge is 0.315 e. The molecular formula is C16H18O2P2. The summed E-state index contributed by atoms with van der Waals surface area (Å²) in [7, 11) is -5.23. The van der Waals surface area contributed by atoms with Crippen molar-refractivity contribution in [1.29, 1.82) is 0 Å². The van der Waals surface area contributed by atoms with Gasteiger partial charge >= 0.3 is 0 Å². The van der Waals surface area contributed by atoms with Crippen LogP contribution in [-0.2, 0) is 9.13 Å². The molecule has 0 aliphatic heterocycles. The molecule has 0 N–H and O–H groups in total. The SMILES string of the molecule is CP(=O)(/C=C/P(C)(=O)c1ccccc1)c1ccccc1. The van der Waals surface area contributed by atoms with Gasteiger partial charge < -0.3 is 9.13 Å². The highest BCUT2D eigenvalue weighted by Crippen LogP contribution is 2.48. The van der Waals surface area contributed by atoms with Gasteiger partial charge in [-0.15, -0.1) is 0 Å². The van der Waals surface area contributed by atoms with Crippen molar-refractivity contribution >= 4 is 24.9 Å². The second-order valence-corrected chi connectivity index (χ2v) is 10.5. The fraction of sp³-hybridized carbons (Fsp3) is 0.125. The third kappa shape index (κ3) is 3.60. The first-order chi connectivity index (χ1) is 9.42. The molecule has 2 aromatic carbocycles. The van der Waals surface area contributed by atoms with Crippen LogP contribution in [0, 0.1) is 0 Å². The summed E-state index contributed by atoms with van der Waals surface area (Å²) in [6, 6.07) is 18.6. The molecule has 0 radical (unpaired) electrons. The molecule has 0 saturated heterocycles. The average molecular weight is 304 g/mol. The molecule has 2 rings (SSSR count). The summed E-state index contributed by atoms with van der Waals surface area (Å²) in [6.45, 7) is 3.40. The van der Waals surface area contributed by atoms with Crippen LogP contribution in [0.25, 0.3) is 0 Å². The molecule has 0 aliphatic carbocycles. The third-order valence-corrected chi connectivity index (χ3v) is 7.49. The van der Waals surface area contributed by atoms with Gasteiger partial charge in [-0.3, -0.25) is 0 Å². The quantitative estimate of drug-likeness (QED) is 0.797. The van der Waals surface area contributed by atoms with Crippen LogP contribution >= 0.6 is 14.3 Å². The molecule has 0 spiro atoms. The Bertz CT molecular complexity index is 629. The highest BCUT2D eigenvalue weighted by atomic mass is 31.2. The summed E-state index contributed by atoms with van der Waals surface area (Å²) in [5.74, 6) is 3.24. The second kappa shape index (κ2) is 5.95. The Hall–Kier alpha value is -1.36. The van der Waals surface area contributed by atoms with Crippen LogP contribution < -0.4 is 10.6 Å². The Morgan fingerprint density at radius 2 is 0.950 bits per heavy atom. The van der Waals surface area contributed by atoms with Gasteiger partial charge in [-0.25, -0.2) is 0 Å². The van der Waals surface area contributed by atoms with Crippen LogP contribution in [0.1, 0.15) is 0 Å². The molecule has 0 heterocycles. The molecule has 0 aromatic heterocycles. The van der Waals surface area contributed by atoms with Crippen LogP contribution in [0.15, 0.2) is 72.3 Å². The summed E-state index contributed by atoms with van der Waals surface area (Å²) in [5.41, 5.74) is 0. The Kier molecular flexibility index (Phi) is 4.48. The summed E-state index contributed by atoms with van der Waals surface area (Å²) < 4.78 is 25.4. The van der Waals surface area contributed by atoms with E-state index in [1.807, 2.05) is 60.7 Å². The molecule has 2 aromatic rings. The molecule has 104 valence electrons. The molecule has 2 nitrogen and oxygen atoms in total. The van der Waals surface area contributed by atoms with E-state index in [9.17, 15) is 9.13 Å². The van der Waals surface area contributed by atoms with Crippen LogP contribution in [-0.4, -0.2) is 13.3 Å². The highest BCUT2D eigenvalue weighted by Gasteiger charge is 2.18. The first-order valence-corrected chi connectivity index (χ1v) is 10.8. The summed E-state index contributed by atoms with van der Waals surface area (Å²) in [5, 5.41) is 1.56. The molecular weight excluding hydrogens is 286 g/mol. The standard InChI is InChI=1S/C16H18O2P2/c1-19(17,15-9-5-3-6-10-15)13-14-20(2,18)16-11-7-4-8-12-16/h3-14H,1-2H3/b14-13+. The molecule has 0 amide bonds. The summed E-state index contributed by atoms with van der Waals surface area (Å²) in [6.07, 6.45) is 0. The molecule has 20 heavy (non-hydrogen) atoms. The van der Waals surface area contributed by atoms with Gasteiger partial charge in [0.25, 0.3) is 0 Å². The maximum Gasteiger partial charge on any atom is 0.133 e. The lowest BCUT2D eigenvalue weighted by atomic mass is 10.4. The first kappa shape index (κ1) is 15.0. The first-order valence-electron chi connectivity index (χ1n) is 6.38. The Balaban J connectivity index is 2.30. The minimum Gasteiger partial charge on any atom is -0.315 e. The van der Waals surface area contributed by atoms with Gasteiger partial charge in [0, 0.05) is 10.6 Å². The molecule has 0 bridgehead atoms. The van der Waals surface area contributed by atoms with Gasteiger partial charge in [-0.05, 0) is 25.0 Å². The second-order valence-electron chi connectivity index (χ2n) is 4.95. The van der Waals surface area contributed by atoms with Crippen molar-refractivity contribution in [2.75, 3.05) is 13.3 Å². The molecule has 0 saturated carbocycles. The molecule has 4 heteroatoms. The normalized spacial score (nSPS) is 17.5. The topological polar surface area (TPSA) is 34.1 Å². The Morgan fingerprint density at radius 1 is 0.650 bits per heavy atom. The number of benzene rings is 2. The van der Waals surface area contributed by atoms with Crippen LogP contribution in [0.2, 0.25) is 0 Å². The maximum atomic E-state index is 12.7. The van der Waals surface area contributed by atoms with E-state index >= 15 is 0 Å². The van der Waals surface area contributed by atoms with E-state index in [2.05, 4.69) is 0 Å². The smallest absolute Gasteiger partial charge is 0.133 e. The summed E-state index contributed by atoms with van der Waals surface area (Å²) in [4.78, 5) is 0. The Morgan fingerprint density at radius 3 is 1.25 bits per heavy atom. The fourth-order valence-corrected chi connectivity index (χ4v) is 5.78. The fourth-order valence-electron chi connectivity index (χ4n) is 1.87. The van der Waals surface area contributed by atoms with E-state index < -0.39 is 14.3 Å². The third-order valence-electron chi connectivity index (χ3n) is 3.17. The predicted octanol–water partition coefficient (Wildman–Crippen LogP) is 4.09. The van der Waals surface area contributed by atoms with Crippen LogP contribution in [0.4, 0.5) is 0 Å². The van der Waals surface area contributed by atoms with Crippen molar-refractivity contribution in [2.24, 2.45) is 0 Å². The van der Waals surface area contributed by atoms with Gasteiger partial charge in [-0.2, -0.15) is 0 Å². The lowest BCUT2D eigenvalue weighted by molar-refractivity contribution is 0.587. The monoisotopic (exact) mass is 304 g/mol. The average Bonchev–Trinajstić information content (AvgIpc) is 2.47. The lowest BCUT2D eigenvalue weighted by Gasteiger charge is -2.11. The molecule has 2 unspecified atom stereocenters. The van der Waals surface area contributed by atoms with Gasteiger partial charge in [0.2, 0.25) is 0 Å². The van der Waals surface area contributed by atoms with E-state index in [0.29, 0.717) is 0 Å². The van der Waals surface area contributed by atoms with Crippen molar-refractivity contribution in [3.05, 3.63) is 72.3 Å². The van der Waals surface area contributed by atoms with E-state index in [-0.39, 0.29) is 0 Å². The minimum absolute atomic E-state index is 0.782. The molecule has 0 fully saturated rings. The zero-order chi connectivity index (χ0) is 14.6. The number of hydrogen-bond donors (Lipinski definition) is 0. The zero-order valence-electron chi connectivity index (χ0n) is 11.6. The maximum absolute atomic E-state index is 12.7. The van der Waals surface area contributed by atoms with Crippen LogP contribution in [0.3, 0.4) is 0 Å². The van der Waals surface area contributed by atoms with Gasteiger partial charge in [0.05, 0.1) is 0 Å². The van der Waals surface area contributed by atoms with E-state index in [1.54, 1.807) is 25.0 Å². The van der Waals surface area contributed by atoms with E-state index in [1.165, 1.54) is 0 Å². The van der Waals surface area contributed by atoms with E-state index in [0.717, 1.165) is 10.6 Å². The molecule has 0 aliphatic rings. The highest BCUT2D eigenvalue weighted by molar-refractivity contribution is 7.77. The minimum atomic E-state index is -2.61. The van der Waals surface area contributed by atoms with Gasteiger partial charge in [0.1, 0.15) is 14.3 Å². The van der Waals surface area contributed by atoms with Crippen molar-refractivity contribution in [3.63, 3.8) is 0 Å². The van der Waals surface area contributed by atoms with Crippen LogP contribution in [0.5, 0.6) is 0 Å². The Labute approximate surface area is 120 Å². The van der Waals surface area contributed by atoms with Crippen molar-refractivity contribution in [1.82, 2.24) is 0 Å².